The van der Waals surface area contributed by atoms with E-state index in [9.17, 15) is 9.90 Å². The summed E-state index contributed by atoms with van der Waals surface area (Å²) in [5.41, 5.74) is 0.0175. The molecule has 0 spiro atoms. The predicted octanol–water partition coefficient (Wildman–Crippen LogP) is 2.56. The molecule has 0 unspecified atom stereocenters. The number of carbonyl (C=O) groups is 1. The lowest BCUT2D eigenvalue weighted by molar-refractivity contribution is -0.0312. The van der Waals surface area contributed by atoms with Gasteiger partial charge < -0.3 is 20.3 Å². The van der Waals surface area contributed by atoms with Crippen LogP contribution in [-0.2, 0) is 0 Å². The minimum Gasteiger partial charge on any atom is -0.389 e. The van der Waals surface area contributed by atoms with Crippen molar-refractivity contribution in [3.8, 4) is 0 Å². The molecular weight excluding hydrogens is 314 g/mol. The van der Waals surface area contributed by atoms with Crippen LogP contribution in [0.5, 0.6) is 0 Å². The molecule has 23 heavy (non-hydrogen) atoms. The molecule has 1 amide bonds. The molecule has 1 aliphatic carbocycles. The lowest BCUT2D eigenvalue weighted by Crippen LogP contribution is -2.50. The Hall–Kier alpha value is -1.04. The Morgan fingerprint density at radius 2 is 2.04 bits per heavy atom. The highest BCUT2D eigenvalue weighted by Crippen LogP contribution is 2.29. The van der Waals surface area contributed by atoms with Gasteiger partial charge in [0.05, 0.1) is 10.6 Å². The second-order valence-corrected chi connectivity index (χ2v) is 7.48. The number of H-pyrrole nitrogens is 1. The van der Waals surface area contributed by atoms with Crippen LogP contribution in [0, 0.1) is 0 Å². The minimum absolute atomic E-state index is 0.0961. The Labute approximate surface area is 142 Å². The molecule has 1 aromatic heterocycles. The molecule has 0 bridgehead atoms. The zero-order chi connectivity index (χ0) is 16.3. The standard InChI is InChI=1S/C17H26ClN3O2/c18-13-10-15(19-11-13)16(22)20-14-4-8-21(9-5-14)12-17(23)6-2-1-3-7-17/h10-11,14,19,23H,1-9,12H2,(H,20,22). The maximum Gasteiger partial charge on any atom is 0.267 e. The number of rotatable bonds is 4. The number of aromatic nitrogens is 1. The first kappa shape index (κ1) is 16.8. The zero-order valence-corrected chi connectivity index (χ0v) is 14.2. The average Bonchev–Trinajstić information content (AvgIpc) is 2.96. The van der Waals surface area contributed by atoms with Crippen molar-refractivity contribution in [1.82, 2.24) is 15.2 Å². The van der Waals surface area contributed by atoms with Gasteiger partial charge in [-0.2, -0.15) is 0 Å². The number of nitrogens with zero attached hydrogens (tertiary/aromatic N) is 1. The van der Waals surface area contributed by atoms with Gasteiger partial charge in [0.2, 0.25) is 0 Å². The highest BCUT2D eigenvalue weighted by Gasteiger charge is 2.32. The molecule has 0 radical (unpaired) electrons. The van der Waals surface area contributed by atoms with E-state index in [1.54, 1.807) is 12.3 Å². The minimum atomic E-state index is -0.491. The van der Waals surface area contributed by atoms with Crippen LogP contribution in [0.15, 0.2) is 12.3 Å². The third-order valence-corrected chi connectivity index (χ3v) is 5.34. The van der Waals surface area contributed by atoms with E-state index >= 15 is 0 Å². The molecule has 1 aliphatic heterocycles. The van der Waals surface area contributed by atoms with Gasteiger partial charge in [-0.1, -0.05) is 30.9 Å². The summed E-state index contributed by atoms with van der Waals surface area (Å²) in [7, 11) is 0. The van der Waals surface area contributed by atoms with Crippen LogP contribution in [0.3, 0.4) is 0 Å². The second kappa shape index (κ2) is 7.24. The molecule has 128 valence electrons. The van der Waals surface area contributed by atoms with Gasteiger partial charge in [-0.25, -0.2) is 0 Å². The van der Waals surface area contributed by atoms with E-state index < -0.39 is 5.60 Å². The molecular formula is C17H26ClN3O2. The van der Waals surface area contributed by atoms with Crippen molar-refractivity contribution in [1.29, 1.82) is 0 Å². The van der Waals surface area contributed by atoms with E-state index in [-0.39, 0.29) is 11.9 Å². The highest BCUT2D eigenvalue weighted by molar-refractivity contribution is 6.30. The van der Waals surface area contributed by atoms with Crippen LogP contribution >= 0.6 is 11.6 Å². The monoisotopic (exact) mass is 339 g/mol. The Morgan fingerprint density at radius 3 is 2.65 bits per heavy atom. The smallest absolute Gasteiger partial charge is 0.267 e. The van der Waals surface area contributed by atoms with Crippen molar-refractivity contribution in [2.45, 2.75) is 56.6 Å². The van der Waals surface area contributed by atoms with E-state index in [0.717, 1.165) is 58.2 Å². The number of aliphatic hydroxyl groups is 1. The Bertz CT molecular complexity index is 532. The number of nitrogens with one attached hydrogen (secondary N) is 2. The third-order valence-electron chi connectivity index (χ3n) is 5.12. The largest absolute Gasteiger partial charge is 0.389 e. The van der Waals surface area contributed by atoms with Crippen LogP contribution < -0.4 is 5.32 Å². The summed E-state index contributed by atoms with van der Waals surface area (Å²) in [5.74, 6) is -0.0961. The number of piperidine rings is 1. The first-order valence-corrected chi connectivity index (χ1v) is 9.01. The maximum absolute atomic E-state index is 12.1. The Balaban J connectivity index is 1.44. The molecule has 1 saturated carbocycles. The van der Waals surface area contributed by atoms with Crippen molar-refractivity contribution < 1.29 is 9.90 Å². The quantitative estimate of drug-likeness (QED) is 0.789. The summed E-state index contributed by atoms with van der Waals surface area (Å²) in [6, 6.07) is 1.84. The molecule has 2 fully saturated rings. The van der Waals surface area contributed by atoms with Crippen LogP contribution in [0.25, 0.3) is 0 Å². The van der Waals surface area contributed by atoms with Crippen LogP contribution in [0.2, 0.25) is 5.02 Å². The summed E-state index contributed by atoms with van der Waals surface area (Å²) in [5, 5.41) is 14.3. The molecule has 1 aromatic rings. The number of aromatic amines is 1. The topological polar surface area (TPSA) is 68.4 Å². The lowest BCUT2D eigenvalue weighted by Gasteiger charge is -2.40. The number of β-amino-alcohol motifs (C(OH)–C–C–N with tert-alkyl or cyclic N) is 1. The molecule has 3 rings (SSSR count). The van der Waals surface area contributed by atoms with Gasteiger partial charge in [-0.15, -0.1) is 0 Å². The van der Waals surface area contributed by atoms with Gasteiger partial charge >= 0.3 is 0 Å². The first-order chi connectivity index (χ1) is 11.0. The van der Waals surface area contributed by atoms with Crippen molar-refractivity contribution in [2.75, 3.05) is 19.6 Å². The first-order valence-electron chi connectivity index (χ1n) is 8.64. The van der Waals surface area contributed by atoms with Crippen LogP contribution in [0.1, 0.15) is 55.4 Å². The number of amides is 1. The predicted molar refractivity (Wildman–Crippen MR) is 90.8 cm³/mol. The highest BCUT2D eigenvalue weighted by atomic mass is 35.5. The average molecular weight is 340 g/mol. The number of likely N-dealkylation sites (tertiary alicyclic amines) is 1. The van der Waals surface area contributed by atoms with Gasteiger partial charge in [-0.3, -0.25) is 4.79 Å². The van der Waals surface area contributed by atoms with Gasteiger partial charge in [0.15, 0.2) is 0 Å². The molecule has 2 aliphatic rings. The van der Waals surface area contributed by atoms with E-state index in [4.69, 9.17) is 11.6 Å². The molecule has 2 heterocycles. The van der Waals surface area contributed by atoms with Crippen molar-refractivity contribution in [3.63, 3.8) is 0 Å². The summed E-state index contributed by atoms with van der Waals surface area (Å²) in [6.45, 7) is 2.64. The molecule has 6 heteroatoms. The number of carbonyl (C=O) groups excluding carboxylic acids is 1. The second-order valence-electron chi connectivity index (χ2n) is 7.04. The van der Waals surface area contributed by atoms with Crippen molar-refractivity contribution in [2.24, 2.45) is 0 Å². The molecule has 0 aromatic carbocycles. The molecule has 5 nitrogen and oxygen atoms in total. The fourth-order valence-corrected chi connectivity index (χ4v) is 3.95. The summed E-state index contributed by atoms with van der Waals surface area (Å²) < 4.78 is 0. The fourth-order valence-electron chi connectivity index (χ4n) is 3.78. The van der Waals surface area contributed by atoms with Gasteiger partial charge in [-0.05, 0) is 31.7 Å². The van der Waals surface area contributed by atoms with Gasteiger partial charge in [0, 0.05) is 31.9 Å². The van der Waals surface area contributed by atoms with Gasteiger partial charge in [0.1, 0.15) is 5.69 Å². The van der Waals surface area contributed by atoms with E-state index in [1.165, 1.54) is 6.42 Å². The molecule has 0 atom stereocenters. The fraction of sp³-hybridized carbons (Fsp3) is 0.706. The normalized spacial score (nSPS) is 22.9. The summed E-state index contributed by atoms with van der Waals surface area (Å²) in [4.78, 5) is 17.3. The SMILES string of the molecule is O=C(NC1CCN(CC2(O)CCCCC2)CC1)c1cc(Cl)c[nH]1. The number of hydrogen-bond donors (Lipinski definition) is 3. The Kier molecular flexibility index (Phi) is 5.29. The van der Waals surface area contributed by atoms with Crippen LogP contribution in [0.4, 0.5) is 0 Å². The lowest BCUT2D eigenvalue weighted by atomic mass is 9.84. The molecule has 1 saturated heterocycles. The number of hydrogen-bond acceptors (Lipinski definition) is 3. The Morgan fingerprint density at radius 1 is 1.35 bits per heavy atom. The van der Waals surface area contributed by atoms with E-state index in [2.05, 4.69) is 15.2 Å². The summed E-state index contributed by atoms with van der Waals surface area (Å²) in [6.07, 6.45) is 8.85. The van der Waals surface area contributed by atoms with E-state index in [1.807, 2.05) is 0 Å². The number of halogens is 1. The van der Waals surface area contributed by atoms with Crippen molar-refractivity contribution in [3.05, 3.63) is 23.0 Å². The van der Waals surface area contributed by atoms with Gasteiger partial charge in [0.25, 0.3) is 5.91 Å². The molecule has 3 N–H and O–H groups in total. The van der Waals surface area contributed by atoms with E-state index in [0.29, 0.717) is 10.7 Å². The van der Waals surface area contributed by atoms with Crippen LogP contribution in [-0.4, -0.2) is 52.2 Å². The third kappa shape index (κ3) is 4.49. The summed E-state index contributed by atoms with van der Waals surface area (Å²) >= 11 is 5.83. The maximum atomic E-state index is 12.1. The zero-order valence-electron chi connectivity index (χ0n) is 13.5. The van der Waals surface area contributed by atoms with Crippen molar-refractivity contribution >= 4 is 17.5 Å².